The van der Waals surface area contributed by atoms with Crippen LogP contribution >= 0.6 is 11.6 Å². The van der Waals surface area contributed by atoms with Crippen molar-refractivity contribution in [2.45, 2.75) is 6.92 Å². The summed E-state index contributed by atoms with van der Waals surface area (Å²) in [5.74, 6) is 0.220. The average Bonchev–Trinajstić information content (AvgIpc) is 2.08. The van der Waals surface area contributed by atoms with E-state index >= 15 is 0 Å². The van der Waals surface area contributed by atoms with Gasteiger partial charge in [-0.3, -0.25) is 0 Å². The summed E-state index contributed by atoms with van der Waals surface area (Å²) in [4.78, 5) is -0.0348. The molecule has 0 saturated carbocycles. The quantitative estimate of drug-likeness (QED) is 0.753. The molecule has 0 aromatic heterocycles. The summed E-state index contributed by atoms with van der Waals surface area (Å²) >= 11 is 5.62. The number of allylic oxidation sites excluding steroid dienone is 1. The first-order chi connectivity index (χ1) is 6.42. The number of hydrogen-bond donors (Lipinski definition) is 0. The molecule has 3 nitrogen and oxygen atoms in total. The van der Waals surface area contributed by atoms with Crippen molar-refractivity contribution in [3.8, 4) is 5.75 Å². The molecule has 0 aliphatic rings. The highest BCUT2D eigenvalue weighted by Crippen LogP contribution is 2.19. The van der Waals surface area contributed by atoms with Crippen molar-refractivity contribution in [2.75, 3.05) is 0 Å². The van der Waals surface area contributed by atoms with Crippen LogP contribution in [0.25, 0.3) is 0 Å². The summed E-state index contributed by atoms with van der Waals surface area (Å²) in [6.07, 6.45) is 0. The van der Waals surface area contributed by atoms with Crippen LogP contribution in [0, 0.1) is 0 Å². The number of rotatable bonds is 3. The smallest absolute Gasteiger partial charge is 0.334 e. The van der Waals surface area contributed by atoms with E-state index in [1.807, 2.05) is 0 Å². The van der Waals surface area contributed by atoms with Gasteiger partial charge in [0.1, 0.15) is 5.75 Å². The lowest BCUT2D eigenvalue weighted by molar-refractivity contribution is 0.493. The Morgan fingerprint density at radius 2 is 1.86 bits per heavy atom. The molecule has 0 bridgehead atoms. The summed E-state index contributed by atoms with van der Waals surface area (Å²) < 4.78 is 27.2. The van der Waals surface area contributed by atoms with E-state index in [2.05, 4.69) is 6.58 Å². The molecule has 0 fully saturated rings. The number of halogens is 1. The first-order valence-corrected chi connectivity index (χ1v) is 5.56. The third-order valence-corrected chi connectivity index (χ3v) is 2.96. The van der Waals surface area contributed by atoms with Gasteiger partial charge in [-0.2, -0.15) is 8.42 Å². The van der Waals surface area contributed by atoms with Crippen LogP contribution in [0.3, 0.4) is 0 Å². The normalized spacial score (nSPS) is 11.0. The second-order valence-corrected chi connectivity index (χ2v) is 4.90. The van der Waals surface area contributed by atoms with Crippen LogP contribution in [0.15, 0.2) is 35.7 Å². The highest BCUT2D eigenvalue weighted by Gasteiger charge is 2.13. The van der Waals surface area contributed by atoms with E-state index in [-0.39, 0.29) is 10.7 Å². The van der Waals surface area contributed by atoms with Crippen molar-refractivity contribution in [1.82, 2.24) is 0 Å². The molecule has 0 atom stereocenters. The Labute approximate surface area is 88.1 Å². The highest BCUT2D eigenvalue weighted by atomic mass is 35.5. The van der Waals surface area contributed by atoms with E-state index in [1.165, 1.54) is 19.1 Å². The molecular weight excluding hydrogens is 224 g/mol. The summed E-state index contributed by atoms with van der Waals surface area (Å²) in [6.45, 7) is 4.67. The molecule has 14 heavy (non-hydrogen) atoms. The summed E-state index contributed by atoms with van der Waals surface area (Å²) in [5, 5.41) is 0.519. The molecule has 1 aromatic rings. The Morgan fingerprint density at radius 1 is 1.36 bits per heavy atom. The van der Waals surface area contributed by atoms with Gasteiger partial charge in [0.05, 0.1) is 4.91 Å². The van der Waals surface area contributed by atoms with Crippen LogP contribution in [0.1, 0.15) is 6.92 Å². The van der Waals surface area contributed by atoms with E-state index in [1.54, 1.807) is 12.1 Å². The second-order valence-electron chi connectivity index (χ2n) is 2.69. The predicted molar refractivity (Wildman–Crippen MR) is 55.8 cm³/mol. The third kappa shape index (κ3) is 2.75. The predicted octanol–water partition coefficient (Wildman–Crippen LogP) is 2.58. The average molecular weight is 233 g/mol. The molecule has 1 aromatic carbocycles. The van der Waals surface area contributed by atoms with Gasteiger partial charge in [-0.1, -0.05) is 18.2 Å². The fourth-order valence-corrected chi connectivity index (χ4v) is 1.32. The zero-order valence-corrected chi connectivity index (χ0v) is 9.10. The highest BCUT2D eigenvalue weighted by molar-refractivity contribution is 7.91. The first kappa shape index (κ1) is 11.1. The van der Waals surface area contributed by atoms with Crippen LogP contribution in [0.4, 0.5) is 0 Å². The fraction of sp³-hybridized carbons (Fsp3) is 0.111. The lowest BCUT2D eigenvalue weighted by Gasteiger charge is -2.05. The van der Waals surface area contributed by atoms with Crippen molar-refractivity contribution in [1.29, 1.82) is 0 Å². The molecule has 0 aliphatic carbocycles. The minimum atomic E-state index is -3.70. The van der Waals surface area contributed by atoms with Gasteiger partial charge in [0.25, 0.3) is 0 Å². The summed E-state index contributed by atoms with van der Waals surface area (Å²) in [7, 11) is -3.70. The Bertz CT molecular complexity index is 434. The van der Waals surface area contributed by atoms with E-state index < -0.39 is 10.1 Å². The lowest BCUT2D eigenvalue weighted by atomic mass is 10.3. The van der Waals surface area contributed by atoms with Crippen LogP contribution in [0.2, 0.25) is 5.02 Å². The van der Waals surface area contributed by atoms with Crippen LogP contribution in [-0.2, 0) is 10.1 Å². The summed E-state index contributed by atoms with van der Waals surface area (Å²) in [6, 6.07) is 6.04. The standard InChI is InChI=1S/C9H9ClO3S/c1-7(2)14(11,12)13-9-5-3-8(10)4-6-9/h3-6H,1H2,2H3. The zero-order valence-electron chi connectivity index (χ0n) is 7.53. The van der Waals surface area contributed by atoms with Crippen LogP contribution in [0.5, 0.6) is 5.75 Å². The van der Waals surface area contributed by atoms with E-state index in [0.717, 1.165) is 0 Å². The molecule has 5 heteroatoms. The van der Waals surface area contributed by atoms with Gasteiger partial charge in [-0.15, -0.1) is 0 Å². The van der Waals surface area contributed by atoms with E-state index in [9.17, 15) is 8.42 Å². The molecule has 0 unspecified atom stereocenters. The van der Waals surface area contributed by atoms with Crippen molar-refractivity contribution >= 4 is 21.7 Å². The molecular formula is C9H9ClO3S. The van der Waals surface area contributed by atoms with Gasteiger partial charge >= 0.3 is 10.1 Å². The monoisotopic (exact) mass is 232 g/mol. The van der Waals surface area contributed by atoms with Crippen molar-refractivity contribution in [3.63, 3.8) is 0 Å². The molecule has 0 heterocycles. The molecule has 0 N–H and O–H groups in total. The minimum absolute atomic E-state index is 0.0348. The van der Waals surface area contributed by atoms with E-state index in [4.69, 9.17) is 15.8 Å². The minimum Gasteiger partial charge on any atom is -0.379 e. The Balaban J connectivity index is 2.90. The summed E-state index contributed by atoms with van der Waals surface area (Å²) in [5.41, 5.74) is 0. The molecule has 0 radical (unpaired) electrons. The third-order valence-electron chi connectivity index (χ3n) is 1.45. The number of hydrogen-bond acceptors (Lipinski definition) is 3. The Hall–Kier alpha value is -1.00. The fourth-order valence-electron chi connectivity index (χ4n) is 0.688. The van der Waals surface area contributed by atoms with Crippen molar-refractivity contribution < 1.29 is 12.6 Å². The van der Waals surface area contributed by atoms with Gasteiger partial charge in [-0.05, 0) is 31.2 Å². The lowest BCUT2D eigenvalue weighted by Crippen LogP contribution is -2.09. The number of benzene rings is 1. The maximum atomic E-state index is 11.2. The molecule has 0 spiro atoms. The Kier molecular flexibility index (Phi) is 3.18. The zero-order chi connectivity index (χ0) is 10.8. The van der Waals surface area contributed by atoms with Crippen molar-refractivity contribution in [3.05, 3.63) is 40.8 Å². The second kappa shape index (κ2) is 4.02. The van der Waals surface area contributed by atoms with Gasteiger partial charge in [-0.25, -0.2) is 0 Å². The SMILES string of the molecule is C=C(C)S(=O)(=O)Oc1ccc(Cl)cc1. The van der Waals surface area contributed by atoms with Gasteiger partial charge in [0.2, 0.25) is 0 Å². The van der Waals surface area contributed by atoms with Crippen LogP contribution < -0.4 is 4.18 Å². The maximum absolute atomic E-state index is 11.2. The topological polar surface area (TPSA) is 43.4 Å². The van der Waals surface area contributed by atoms with Crippen LogP contribution in [-0.4, -0.2) is 8.42 Å². The maximum Gasteiger partial charge on any atom is 0.334 e. The molecule has 0 amide bonds. The molecule has 76 valence electrons. The van der Waals surface area contributed by atoms with Crippen molar-refractivity contribution in [2.24, 2.45) is 0 Å². The van der Waals surface area contributed by atoms with Gasteiger partial charge < -0.3 is 4.18 Å². The van der Waals surface area contributed by atoms with Gasteiger partial charge in [0.15, 0.2) is 0 Å². The molecule has 1 rings (SSSR count). The van der Waals surface area contributed by atoms with Gasteiger partial charge in [0, 0.05) is 5.02 Å². The van der Waals surface area contributed by atoms with E-state index in [0.29, 0.717) is 5.02 Å². The largest absolute Gasteiger partial charge is 0.379 e. The molecule has 0 aliphatic heterocycles. The molecule has 0 saturated heterocycles. The Morgan fingerprint density at radius 3 is 2.29 bits per heavy atom. The first-order valence-electron chi connectivity index (χ1n) is 3.77.